The van der Waals surface area contributed by atoms with Crippen LogP contribution in [0.4, 0.5) is 0 Å². The van der Waals surface area contributed by atoms with Gasteiger partial charge in [0, 0.05) is 20.8 Å². The highest BCUT2D eigenvalue weighted by atomic mass is 79.9. The first kappa shape index (κ1) is 13.5. The van der Waals surface area contributed by atoms with Gasteiger partial charge in [-0.2, -0.15) is 0 Å². The Morgan fingerprint density at radius 1 is 1.53 bits per heavy atom. The molecule has 1 aromatic heterocycles. The number of nitrogens with two attached hydrogens (primary N) is 1. The Morgan fingerprint density at radius 3 is 2.76 bits per heavy atom. The molecule has 2 N–H and O–H groups in total. The Balaban J connectivity index is 1.88. The van der Waals surface area contributed by atoms with Crippen LogP contribution in [-0.4, -0.2) is 24.5 Å². The zero-order chi connectivity index (χ0) is 12.3. The number of likely N-dealkylation sites (tertiary alicyclic amines) is 1. The minimum atomic E-state index is 0.560. The SMILES string of the molecule is CC(c1cc(Br)cs1)N1CCC(CCN)CC1. The standard InChI is InChI=1S/C13H21BrN2S/c1-10(13-8-12(14)9-17-13)16-6-3-11(2-5-15)4-7-16/h8-11H,2-7,15H2,1H3. The predicted octanol–water partition coefficient (Wildman–Crippen LogP) is 3.63. The Morgan fingerprint density at radius 2 is 2.24 bits per heavy atom. The van der Waals surface area contributed by atoms with Gasteiger partial charge in [0.05, 0.1) is 0 Å². The highest BCUT2D eigenvalue weighted by molar-refractivity contribution is 9.10. The van der Waals surface area contributed by atoms with Crippen molar-refractivity contribution in [3.8, 4) is 0 Å². The quantitative estimate of drug-likeness (QED) is 0.919. The zero-order valence-electron chi connectivity index (χ0n) is 10.4. The number of hydrogen-bond donors (Lipinski definition) is 1. The lowest BCUT2D eigenvalue weighted by atomic mass is 9.93. The van der Waals surface area contributed by atoms with Crippen molar-refractivity contribution in [2.75, 3.05) is 19.6 Å². The monoisotopic (exact) mass is 316 g/mol. The molecule has 0 bridgehead atoms. The molecule has 2 rings (SSSR count). The van der Waals surface area contributed by atoms with Crippen molar-refractivity contribution in [3.05, 3.63) is 20.8 Å². The third kappa shape index (κ3) is 3.53. The predicted molar refractivity (Wildman–Crippen MR) is 78.4 cm³/mol. The molecule has 17 heavy (non-hydrogen) atoms. The van der Waals surface area contributed by atoms with E-state index in [0.717, 1.165) is 12.5 Å². The van der Waals surface area contributed by atoms with Crippen molar-refractivity contribution in [1.82, 2.24) is 4.90 Å². The molecule has 0 amide bonds. The Hall–Kier alpha value is 0.1000. The van der Waals surface area contributed by atoms with Gasteiger partial charge >= 0.3 is 0 Å². The molecule has 0 saturated carbocycles. The molecule has 0 aliphatic carbocycles. The number of nitrogens with zero attached hydrogens (tertiary/aromatic N) is 1. The maximum absolute atomic E-state index is 5.63. The van der Waals surface area contributed by atoms with Crippen molar-refractivity contribution < 1.29 is 0 Å². The molecule has 0 radical (unpaired) electrons. The summed E-state index contributed by atoms with van der Waals surface area (Å²) in [5.41, 5.74) is 5.63. The average Bonchev–Trinajstić information content (AvgIpc) is 2.76. The molecule has 1 aliphatic heterocycles. The molecular weight excluding hydrogens is 296 g/mol. The summed E-state index contributed by atoms with van der Waals surface area (Å²) in [6, 6.07) is 2.81. The maximum atomic E-state index is 5.63. The van der Waals surface area contributed by atoms with Gasteiger partial charge < -0.3 is 5.73 Å². The van der Waals surface area contributed by atoms with Gasteiger partial charge in [-0.05, 0) is 73.7 Å². The molecule has 2 nitrogen and oxygen atoms in total. The molecule has 2 heterocycles. The summed E-state index contributed by atoms with van der Waals surface area (Å²) in [6.45, 7) is 5.61. The number of thiophene rings is 1. The van der Waals surface area contributed by atoms with Crippen LogP contribution in [0.2, 0.25) is 0 Å². The second-order valence-electron chi connectivity index (χ2n) is 4.90. The Bertz CT molecular complexity index is 345. The summed E-state index contributed by atoms with van der Waals surface area (Å²) in [7, 11) is 0. The summed E-state index contributed by atoms with van der Waals surface area (Å²) < 4.78 is 1.21. The first-order chi connectivity index (χ1) is 8.20. The Labute approximate surface area is 116 Å². The van der Waals surface area contributed by atoms with E-state index in [1.54, 1.807) is 0 Å². The van der Waals surface area contributed by atoms with E-state index in [2.05, 4.69) is 39.2 Å². The van der Waals surface area contributed by atoms with E-state index in [1.165, 1.54) is 41.7 Å². The lowest BCUT2D eigenvalue weighted by Gasteiger charge is -2.35. The first-order valence-corrected chi connectivity index (χ1v) is 8.06. The van der Waals surface area contributed by atoms with Crippen LogP contribution in [0, 0.1) is 5.92 Å². The molecule has 1 unspecified atom stereocenters. The smallest absolute Gasteiger partial charge is 0.0413 e. The van der Waals surface area contributed by atoms with Gasteiger partial charge in [-0.3, -0.25) is 4.90 Å². The first-order valence-electron chi connectivity index (χ1n) is 6.38. The molecule has 1 aromatic rings. The number of rotatable bonds is 4. The van der Waals surface area contributed by atoms with E-state index in [4.69, 9.17) is 5.73 Å². The summed E-state index contributed by atoms with van der Waals surface area (Å²) in [5.74, 6) is 0.860. The second kappa shape index (κ2) is 6.32. The van der Waals surface area contributed by atoms with Gasteiger partial charge in [-0.25, -0.2) is 0 Å². The summed E-state index contributed by atoms with van der Waals surface area (Å²) in [6.07, 6.45) is 3.83. The van der Waals surface area contributed by atoms with Crippen molar-refractivity contribution in [2.45, 2.75) is 32.2 Å². The third-order valence-corrected chi connectivity index (χ3v) is 5.64. The van der Waals surface area contributed by atoms with E-state index >= 15 is 0 Å². The normalized spacial score (nSPS) is 20.6. The third-order valence-electron chi connectivity index (χ3n) is 3.77. The molecular formula is C13H21BrN2S. The summed E-state index contributed by atoms with van der Waals surface area (Å²) in [5, 5.41) is 2.17. The molecule has 1 saturated heterocycles. The lowest BCUT2D eigenvalue weighted by Crippen LogP contribution is -2.35. The van der Waals surface area contributed by atoms with E-state index in [9.17, 15) is 0 Å². The molecule has 0 spiro atoms. The van der Waals surface area contributed by atoms with Gasteiger partial charge in [0.2, 0.25) is 0 Å². The van der Waals surface area contributed by atoms with Crippen LogP contribution >= 0.6 is 27.3 Å². The number of halogens is 1. The van der Waals surface area contributed by atoms with E-state index in [0.29, 0.717) is 6.04 Å². The van der Waals surface area contributed by atoms with Gasteiger partial charge in [-0.15, -0.1) is 11.3 Å². The van der Waals surface area contributed by atoms with Crippen LogP contribution in [0.3, 0.4) is 0 Å². The van der Waals surface area contributed by atoms with Crippen LogP contribution in [-0.2, 0) is 0 Å². The van der Waals surface area contributed by atoms with E-state index in [-0.39, 0.29) is 0 Å². The summed E-state index contributed by atoms with van der Waals surface area (Å²) >= 11 is 5.39. The van der Waals surface area contributed by atoms with Crippen LogP contribution in [0.15, 0.2) is 15.9 Å². The van der Waals surface area contributed by atoms with Crippen molar-refractivity contribution in [1.29, 1.82) is 0 Å². The number of piperidine rings is 1. The Kier molecular flexibility index (Phi) is 5.03. The fraction of sp³-hybridized carbons (Fsp3) is 0.692. The van der Waals surface area contributed by atoms with Crippen LogP contribution in [0.1, 0.15) is 37.1 Å². The van der Waals surface area contributed by atoms with E-state index < -0.39 is 0 Å². The largest absolute Gasteiger partial charge is 0.330 e. The van der Waals surface area contributed by atoms with Gasteiger partial charge in [0.1, 0.15) is 0 Å². The summed E-state index contributed by atoms with van der Waals surface area (Å²) in [4.78, 5) is 4.07. The van der Waals surface area contributed by atoms with Gasteiger partial charge in [0.15, 0.2) is 0 Å². The minimum absolute atomic E-state index is 0.560. The highest BCUT2D eigenvalue weighted by Gasteiger charge is 2.23. The van der Waals surface area contributed by atoms with Gasteiger partial charge in [0.25, 0.3) is 0 Å². The van der Waals surface area contributed by atoms with Crippen molar-refractivity contribution >= 4 is 27.3 Å². The van der Waals surface area contributed by atoms with Crippen LogP contribution in [0.5, 0.6) is 0 Å². The topological polar surface area (TPSA) is 29.3 Å². The molecule has 0 aromatic carbocycles. The molecule has 4 heteroatoms. The molecule has 1 atom stereocenters. The van der Waals surface area contributed by atoms with Gasteiger partial charge in [-0.1, -0.05) is 0 Å². The zero-order valence-corrected chi connectivity index (χ0v) is 12.8. The highest BCUT2D eigenvalue weighted by Crippen LogP contribution is 2.32. The van der Waals surface area contributed by atoms with E-state index in [1.807, 2.05) is 11.3 Å². The molecule has 96 valence electrons. The fourth-order valence-corrected chi connectivity index (χ4v) is 4.13. The lowest BCUT2D eigenvalue weighted by molar-refractivity contribution is 0.140. The molecule has 1 fully saturated rings. The minimum Gasteiger partial charge on any atom is -0.330 e. The average molecular weight is 317 g/mol. The molecule has 1 aliphatic rings. The van der Waals surface area contributed by atoms with Crippen LogP contribution < -0.4 is 5.73 Å². The maximum Gasteiger partial charge on any atom is 0.0413 e. The fourth-order valence-electron chi connectivity index (χ4n) is 2.59. The van der Waals surface area contributed by atoms with Crippen molar-refractivity contribution in [3.63, 3.8) is 0 Å². The second-order valence-corrected chi connectivity index (χ2v) is 6.76. The van der Waals surface area contributed by atoms with Crippen LogP contribution in [0.25, 0.3) is 0 Å². The number of hydrogen-bond acceptors (Lipinski definition) is 3. The van der Waals surface area contributed by atoms with Crippen molar-refractivity contribution in [2.24, 2.45) is 11.7 Å².